The SMILES string of the molecule is O=C1NCc2cc[c-]cc21.[W]. The Kier molecular flexibility index (Phi) is 2.45. The Morgan fingerprint density at radius 2 is 2.36 bits per heavy atom. The average molecular weight is 316 g/mol. The van der Waals surface area contributed by atoms with E-state index in [4.69, 9.17) is 0 Å². The van der Waals surface area contributed by atoms with Gasteiger partial charge in [-0.3, -0.25) is 4.79 Å². The summed E-state index contributed by atoms with van der Waals surface area (Å²) in [5.41, 5.74) is 1.84. The first kappa shape index (κ1) is 8.47. The number of benzene rings is 1. The van der Waals surface area contributed by atoms with E-state index in [1.807, 2.05) is 12.1 Å². The molecule has 3 heteroatoms. The zero-order chi connectivity index (χ0) is 6.97. The van der Waals surface area contributed by atoms with Gasteiger partial charge in [-0.15, -0.1) is 5.56 Å². The minimum atomic E-state index is 0. The van der Waals surface area contributed by atoms with E-state index >= 15 is 0 Å². The van der Waals surface area contributed by atoms with Gasteiger partial charge in [0.05, 0.1) is 0 Å². The van der Waals surface area contributed by atoms with Crippen molar-refractivity contribution in [3.8, 4) is 0 Å². The number of carbonyl (C=O) groups excluding carboxylic acids is 1. The molecule has 11 heavy (non-hydrogen) atoms. The van der Waals surface area contributed by atoms with Gasteiger partial charge >= 0.3 is 0 Å². The van der Waals surface area contributed by atoms with Gasteiger partial charge < -0.3 is 5.32 Å². The zero-order valence-electron chi connectivity index (χ0n) is 5.76. The van der Waals surface area contributed by atoms with E-state index < -0.39 is 0 Å². The monoisotopic (exact) mass is 316 g/mol. The summed E-state index contributed by atoms with van der Waals surface area (Å²) in [6, 6.07) is 8.31. The Morgan fingerprint density at radius 1 is 1.55 bits per heavy atom. The predicted octanol–water partition coefficient (Wildman–Crippen LogP) is 0.728. The Morgan fingerprint density at radius 3 is 3.09 bits per heavy atom. The Balaban J connectivity index is 0.000000605. The number of carbonyl (C=O) groups is 1. The second-order valence-corrected chi connectivity index (χ2v) is 2.27. The van der Waals surface area contributed by atoms with Crippen LogP contribution < -0.4 is 5.32 Å². The molecule has 0 saturated heterocycles. The molecule has 0 fully saturated rings. The van der Waals surface area contributed by atoms with Gasteiger partial charge in [-0.05, 0) is 0 Å². The molecule has 1 heterocycles. The van der Waals surface area contributed by atoms with Crippen molar-refractivity contribution in [1.29, 1.82) is 0 Å². The Bertz CT molecular complexity index is 285. The van der Waals surface area contributed by atoms with Gasteiger partial charge in [0.25, 0.3) is 0 Å². The van der Waals surface area contributed by atoms with Crippen LogP contribution in [0.15, 0.2) is 18.2 Å². The quantitative estimate of drug-likeness (QED) is 0.703. The van der Waals surface area contributed by atoms with E-state index in [-0.39, 0.29) is 27.0 Å². The van der Waals surface area contributed by atoms with Crippen LogP contribution in [0.3, 0.4) is 0 Å². The number of hydrogen-bond donors (Lipinski definition) is 1. The van der Waals surface area contributed by atoms with Crippen molar-refractivity contribution in [3.63, 3.8) is 0 Å². The van der Waals surface area contributed by atoms with E-state index in [2.05, 4.69) is 11.4 Å². The van der Waals surface area contributed by atoms with Crippen molar-refractivity contribution in [2.75, 3.05) is 0 Å². The summed E-state index contributed by atoms with van der Waals surface area (Å²) in [5.74, 6) is 0.0202. The molecule has 0 atom stereocenters. The fourth-order valence-corrected chi connectivity index (χ4v) is 1.10. The van der Waals surface area contributed by atoms with Crippen LogP contribution in [0.25, 0.3) is 0 Å². The van der Waals surface area contributed by atoms with Crippen molar-refractivity contribution >= 4 is 5.91 Å². The number of hydrogen-bond acceptors (Lipinski definition) is 1. The van der Waals surface area contributed by atoms with Crippen LogP contribution in [-0.4, -0.2) is 5.91 Å². The summed E-state index contributed by atoms with van der Waals surface area (Å²) in [6.07, 6.45) is 0. The third-order valence-electron chi connectivity index (χ3n) is 1.64. The van der Waals surface area contributed by atoms with Crippen LogP contribution in [0.2, 0.25) is 0 Å². The van der Waals surface area contributed by atoms with Gasteiger partial charge in [0.15, 0.2) is 5.91 Å². The smallest absolute Gasteiger partial charge is 0.195 e. The molecule has 1 aromatic carbocycles. The average Bonchev–Trinajstić information content (AvgIpc) is 2.34. The molecular formula is C8H6NOW-. The second kappa shape index (κ2) is 3.18. The minimum absolute atomic E-state index is 0. The normalized spacial score (nSPS) is 13.3. The number of nitrogens with one attached hydrogen (secondary N) is 1. The number of rotatable bonds is 0. The van der Waals surface area contributed by atoms with Gasteiger partial charge in [0.2, 0.25) is 0 Å². The van der Waals surface area contributed by atoms with Crippen LogP contribution in [-0.2, 0) is 27.6 Å². The van der Waals surface area contributed by atoms with E-state index in [1.165, 1.54) is 0 Å². The summed E-state index contributed by atoms with van der Waals surface area (Å²) >= 11 is 0. The summed E-state index contributed by atoms with van der Waals surface area (Å²) in [6.45, 7) is 0.669. The molecule has 1 aliphatic rings. The van der Waals surface area contributed by atoms with Gasteiger partial charge in [-0.25, -0.2) is 0 Å². The summed E-state index contributed by atoms with van der Waals surface area (Å²) < 4.78 is 0. The van der Waals surface area contributed by atoms with Crippen LogP contribution in [0.5, 0.6) is 0 Å². The molecule has 2 rings (SSSR count). The van der Waals surface area contributed by atoms with Gasteiger partial charge in [-0.1, -0.05) is 5.56 Å². The van der Waals surface area contributed by atoms with Crippen molar-refractivity contribution in [2.45, 2.75) is 6.54 Å². The third-order valence-corrected chi connectivity index (χ3v) is 1.64. The molecule has 0 aliphatic carbocycles. The first-order chi connectivity index (χ1) is 4.88. The van der Waals surface area contributed by atoms with Crippen LogP contribution in [0, 0.1) is 6.07 Å². The van der Waals surface area contributed by atoms with Crippen LogP contribution in [0.1, 0.15) is 15.9 Å². The molecule has 0 spiro atoms. The standard InChI is InChI=1S/C8H6NO.W/c10-8-7-4-2-1-3-6(7)5-9-8;/h1,3-4H,5H2,(H,9,10);/q-1;. The zero-order valence-corrected chi connectivity index (χ0v) is 8.69. The van der Waals surface area contributed by atoms with E-state index in [0.717, 1.165) is 11.1 Å². The van der Waals surface area contributed by atoms with Crippen molar-refractivity contribution in [3.05, 3.63) is 35.4 Å². The largest absolute Gasteiger partial charge is 0.360 e. The van der Waals surface area contributed by atoms with Crippen molar-refractivity contribution in [1.82, 2.24) is 5.32 Å². The predicted molar refractivity (Wildman–Crippen MR) is 36.4 cm³/mol. The van der Waals surface area contributed by atoms with Crippen LogP contribution >= 0.6 is 0 Å². The molecule has 1 aromatic rings. The maximum Gasteiger partial charge on any atom is 0.195 e. The summed E-state index contributed by atoms with van der Waals surface area (Å²) in [7, 11) is 0. The van der Waals surface area contributed by atoms with E-state index in [1.54, 1.807) is 6.07 Å². The fraction of sp³-hybridized carbons (Fsp3) is 0.125. The molecular weight excluding hydrogens is 310 g/mol. The van der Waals surface area contributed by atoms with Gasteiger partial charge in [0.1, 0.15) is 0 Å². The molecule has 1 amide bonds. The molecule has 0 aromatic heterocycles. The molecule has 0 bridgehead atoms. The number of fused-ring (bicyclic) bond motifs is 1. The van der Waals surface area contributed by atoms with Crippen molar-refractivity contribution in [2.24, 2.45) is 0 Å². The van der Waals surface area contributed by atoms with Crippen molar-refractivity contribution < 1.29 is 25.9 Å². The molecule has 1 aliphatic heterocycles. The minimum Gasteiger partial charge on any atom is -0.360 e. The molecule has 0 radical (unpaired) electrons. The van der Waals surface area contributed by atoms with Gasteiger partial charge in [-0.2, -0.15) is 24.3 Å². The first-order valence-electron chi connectivity index (χ1n) is 3.15. The molecule has 56 valence electrons. The van der Waals surface area contributed by atoms with Gasteiger partial charge in [0, 0.05) is 27.6 Å². The third kappa shape index (κ3) is 1.36. The van der Waals surface area contributed by atoms with Crippen LogP contribution in [0.4, 0.5) is 0 Å². The Hall–Kier alpha value is -0.622. The Labute approximate surface area is 79.3 Å². The van der Waals surface area contributed by atoms with E-state index in [0.29, 0.717) is 6.54 Å². The molecule has 0 unspecified atom stereocenters. The summed E-state index contributed by atoms with van der Waals surface area (Å²) in [5, 5.41) is 2.73. The maximum absolute atomic E-state index is 10.9. The molecule has 2 nitrogen and oxygen atoms in total. The second-order valence-electron chi connectivity index (χ2n) is 2.27. The molecule has 0 saturated carbocycles. The fourth-order valence-electron chi connectivity index (χ4n) is 1.10. The number of amides is 1. The first-order valence-corrected chi connectivity index (χ1v) is 3.15. The maximum atomic E-state index is 10.9. The summed E-state index contributed by atoms with van der Waals surface area (Å²) in [4.78, 5) is 10.9. The molecule has 1 N–H and O–H groups in total. The van der Waals surface area contributed by atoms with E-state index in [9.17, 15) is 4.79 Å². The topological polar surface area (TPSA) is 29.1 Å².